The van der Waals surface area contributed by atoms with Crippen LogP contribution in [0.4, 0.5) is 13.2 Å². The summed E-state index contributed by atoms with van der Waals surface area (Å²) < 4.78 is 40.0. The number of benzene rings is 1. The Labute approximate surface area is 111 Å². The van der Waals surface area contributed by atoms with Crippen LogP contribution in [0.1, 0.15) is 37.0 Å². The minimum absolute atomic E-state index is 0.112. The zero-order valence-corrected chi connectivity index (χ0v) is 10.9. The summed E-state index contributed by atoms with van der Waals surface area (Å²) in [6, 6.07) is 7.48. The van der Waals surface area contributed by atoms with E-state index < -0.39 is 18.9 Å². The minimum Gasteiger partial charge on any atom is -0.388 e. The van der Waals surface area contributed by atoms with Gasteiger partial charge in [-0.05, 0) is 17.5 Å². The summed E-state index contributed by atoms with van der Waals surface area (Å²) >= 11 is 0. The van der Waals surface area contributed by atoms with E-state index in [0.29, 0.717) is 0 Å². The maximum atomic E-state index is 11.9. The van der Waals surface area contributed by atoms with Crippen LogP contribution < -0.4 is 0 Å². The molecule has 1 unspecified atom stereocenters. The summed E-state index contributed by atoms with van der Waals surface area (Å²) in [6.07, 6.45) is -3.01. The third-order valence-corrected chi connectivity index (χ3v) is 2.68. The van der Waals surface area contributed by atoms with Gasteiger partial charge in [0.15, 0.2) is 0 Å². The summed E-state index contributed by atoms with van der Waals surface area (Å²) in [6.45, 7) is 0.683. The van der Waals surface area contributed by atoms with Gasteiger partial charge in [-0.25, -0.2) is 0 Å². The maximum absolute atomic E-state index is 11.9. The largest absolute Gasteiger partial charge is 0.411 e. The average Bonchev–Trinajstić information content (AvgIpc) is 2.34. The number of ether oxygens (including phenoxy) is 1. The maximum Gasteiger partial charge on any atom is 0.411 e. The summed E-state index contributed by atoms with van der Waals surface area (Å²) in [5.41, 5.74) is 1.84. The van der Waals surface area contributed by atoms with Crippen LogP contribution in [0.3, 0.4) is 0 Å². The Morgan fingerprint density at radius 2 is 2.05 bits per heavy atom. The lowest BCUT2D eigenvalue weighted by Gasteiger charge is -2.13. The average molecular weight is 276 g/mol. The number of aliphatic hydroxyl groups is 1. The molecule has 108 valence electrons. The lowest BCUT2D eigenvalue weighted by molar-refractivity contribution is -0.175. The van der Waals surface area contributed by atoms with E-state index in [9.17, 15) is 18.3 Å². The van der Waals surface area contributed by atoms with Crippen molar-refractivity contribution in [3.05, 3.63) is 35.4 Å². The van der Waals surface area contributed by atoms with Gasteiger partial charge in [-0.2, -0.15) is 13.2 Å². The highest BCUT2D eigenvalue weighted by Crippen LogP contribution is 2.20. The van der Waals surface area contributed by atoms with Gasteiger partial charge in [0.05, 0.1) is 6.10 Å². The fraction of sp³-hybridized carbons (Fsp3) is 0.571. The van der Waals surface area contributed by atoms with E-state index in [1.54, 1.807) is 6.07 Å². The number of aryl methyl sites for hydroxylation is 1. The van der Waals surface area contributed by atoms with Gasteiger partial charge in [-0.15, -0.1) is 0 Å². The molecule has 0 aromatic heterocycles. The molecule has 0 saturated heterocycles. The molecule has 1 atom stereocenters. The Bertz CT molecular complexity index is 377. The predicted molar refractivity (Wildman–Crippen MR) is 66.9 cm³/mol. The van der Waals surface area contributed by atoms with Crippen LogP contribution in [0.5, 0.6) is 0 Å². The van der Waals surface area contributed by atoms with Gasteiger partial charge in [0.25, 0.3) is 0 Å². The van der Waals surface area contributed by atoms with Crippen LogP contribution in [0.15, 0.2) is 24.3 Å². The second-order valence-electron chi connectivity index (χ2n) is 4.47. The quantitative estimate of drug-likeness (QED) is 0.770. The SMILES string of the molecule is CCCc1cccc(C(O)CCOCC(F)(F)F)c1. The molecule has 0 amide bonds. The molecule has 0 aliphatic heterocycles. The summed E-state index contributed by atoms with van der Waals surface area (Å²) in [5.74, 6) is 0. The first-order valence-electron chi connectivity index (χ1n) is 6.34. The molecule has 0 bridgehead atoms. The lowest BCUT2D eigenvalue weighted by atomic mass is 10.0. The molecular weight excluding hydrogens is 257 g/mol. The van der Waals surface area contributed by atoms with Gasteiger partial charge >= 0.3 is 6.18 Å². The van der Waals surface area contributed by atoms with Crippen LogP contribution in [0.25, 0.3) is 0 Å². The molecule has 0 saturated carbocycles. The van der Waals surface area contributed by atoms with Gasteiger partial charge in [0, 0.05) is 13.0 Å². The Morgan fingerprint density at radius 1 is 1.32 bits per heavy atom. The first-order chi connectivity index (χ1) is 8.92. The van der Waals surface area contributed by atoms with Crippen LogP contribution in [0.2, 0.25) is 0 Å². The van der Waals surface area contributed by atoms with E-state index in [-0.39, 0.29) is 13.0 Å². The predicted octanol–water partition coefficient (Wildman–Crippen LogP) is 3.64. The van der Waals surface area contributed by atoms with Crippen molar-refractivity contribution < 1.29 is 23.0 Å². The Morgan fingerprint density at radius 3 is 2.68 bits per heavy atom. The van der Waals surface area contributed by atoms with Crippen molar-refractivity contribution in [2.45, 2.75) is 38.5 Å². The number of hydrogen-bond donors (Lipinski definition) is 1. The minimum atomic E-state index is -4.31. The van der Waals surface area contributed by atoms with Crippen molar-refractivity contribution >= 4 is 0 Å². The standard InChI is InChI=1S/C14H19F3O2/c1-2-4-11-5-3-6-12(9-11)13(18)7-8-19-10-14(15,16)17/h3,5-6,9,13,18H,2,4,7-8,10H2,1H3. The molecule has 1 rings (SSSR count). The second kappa shape index (κ2) is 7.50. The number of aliphatic hydroxyl groups excluding tert-OH is 1. The highest BCUT2D eigenvalue weighted by molar-refractivity contribution is 5.25. The fourth-order valence-electron chi connectivity index (χ4n) is 1.79. The first-order valence-corrected chi connectivity index (χ1v) is 6.34. The molecule has 19 heavy (non-hydrogen) atoms. The van der Waals surface area contributed by atoms with E-state index in [0.717, 1.165) is 24.0 Å². The molecule has 0 heterocycles. The van der Waals surface area contributed by atoms with Crippen molar-refractivity contribution in [1.82, 2.24) is 0 Å². The van der Waals surface area contributed by atoms with Gasteiger partial charge in [-0.3, -0.25) is 0 Å². The highest BCUT2D eigenvalue weighted by Gasteiger charge is 2.27. The highest BCUT2D eigenvalue weighted by atomic mass is 19.4. The molecule has 1 aromatic rings. The molecular formula is C14H19F3O2. The topological polar surface area (TPSA) is 29.5 Å². The summed E-state index contributed by atoms with van der Waals surface area (Å²) in [5, 5.41) is 9.88. The Balaban J connectivity index is 2.40. The number of alkyl halides is 3. The van der Waals surface area contributed by atoms with Crippen molar-refractivity contribution in [2.75, 3.05) is 13.2 Å². The summed E-state index contributed by atoms with van der Waals surface area (Å²) in [7, 11) is 0. The number of hydrogen-bond acceptors (Lipinski definition) is 2. The molecule has 1 aromatic carbocycles. The monoisotopic (exact) mass is 276 g/mol. The normalized spacial score (nSPS) is 13.5. The smallest absolute Gasteiger partial charge is 0.388 e. The second-order valence-corrected chi connectivity index (χ2v) is 4.47. The van der Waals surface area contributed by atoms with E-state index in [2.05, 4.69) is 11.7 Å². The van der Waals surface area contributed by atoms with E-state index in [1.807, 2.05) is 18.2 Å². The van der Waals surface area contributed by atoms with Crippen LogP contribution >= 0.6 is 0 Å². The molecule has 0 aliphatic carbocycles. The molecule has 0 fully saturated rings. The Hall–Kier alpha value is -1.07. The van der Waals surface area contributed by atoms with Crippen LogP contribution in [-0.4, -0.2) is 24.5 Å². The van der Waals surface area contributed by atoms with E-state index in [4.69, 9.17) is 0 Å². The van der Waals surface area contributed by atoms with Crippen LogP contribution in [-0.2, 0) is 11.2 Å². The molecule has 0 radical (unpaired) electrons. The zero-order valence-electron chi connectivity index (χ0n) is 10.9. The van der Waals surface area contributed by atoms with Gasteiger partial charge < -0.3 is 9.84 Å². The van der Waals surface area contributed by atoms with E-state index in [1.165, 1.54) is 0 Å². The van der Waals surface area contributed by atoms with E-state index >= 15 is 0 Å². The fourth-order valence-corrected chi connectivity index (χ4v) is 1.79. The van der Waals surface area contributed by atoms with Crippen molar-refractivity contribution in [3.63, 3.8) is 0 Å². The van der Waals surface area contributed by atoms with Crippen LogP contribution in [0, 0.1) is 0 Å². The van der Waals surface area contributed by atoms with Crippen molar-refractivity contribution in [3.8, 4) is 0 Å². The third-order valence-electron chi connectivity index (χ3n) is 2.68. The molecule has 0 aliphatic rings. The van der Waals surface area contributed by atoms with Crippen molar-refractivity contribution in [2.24, 2.45) is 0 Å². The lowest BCUT2D eigenvalue weighted by Crippen LogP contribution is -2.18. The molecule has 5 heteroatoms. The van der Waals surface area contributed by atoms with Crippen molar-refractivity contribution in [1.29, 1.82) is 0 Å². The molecule has 0 spiro atoms. The number of rotatable bonds is 7. The van der Waals surface area contributed by atoms with Gasteiger partial charge in [-0.1, -0.05) is 37.6 Å². The molecule has 1 N–H and O–H groups in total. The number of halogens is 3. The Kier molecular flexibility index (Phi) is 6.31. The van der Waals surface area contributed by atoms with Gasteiger partial charge in [0.1, 0.15) is 6.61 Å². The molecule has 2 nitrogen and oxygen atoms in total. The summed E-state index contributed by atoms with van der Waals surface area (Å²) in [4.78, 5) is 0. The zero-order chi connectivity index (χ0) is 14.3. The third kappa shape index (κ3) is 6.59. The van der Waals surface area contributed by atoms with Gasteiger partial charge in [0.2, 0.25) is 0 Å². The first kappa shape index (κ1) is 16.0.